The third-order valence-electron chi connectivity index (χ3n) is 5.01. The van der Waals surface area contributed by atoms with Crippen molar-refractivity contribution in [3.8, 4) is 11.3 Å². The molecule has 6 nitrogen and oxygen atoms in total. The van der Waals surface area contributed by atoms with Gasteiger partial charge in [-0.05, 0) is 42.8 Å². The SMILES string of the molecule is Fc1ccc2nc(CCCNc3ncnc4ccc(-c5ccccc5Cl)nc34)[nH]c2c1. The number of anilines is 1. The molecule has 0 atom stereocenters. The monoisotopic (exact) mass is 432 g/mol. The van der Waals surface area contributed by atoms with E-state index in [1.165, 1.54) is 18.5 Å². The smallest absolute Gasteiger partial charge is 0.156 e. The van der Waals surface area contributed by atoms with E-state index in [-0.39, 0.29) is 5.82 Å². The lowest BCUT2D eigenvalue weighted by Gasteiger charge is -2.09. The topological polar surface area (TPSA) is 79.4 Å². The highest BCUT2D eigenvalue weighted by Crippen LogP contribution is 2.28. The predicted octanol–water partition coefficient (Wildman–Crippen LogP) is 5.41. The molecule has 0 spiro atoms. The van der Waals surface area contributed by atoms with E-state index < -0.39 is 0 Å². The summed E-state index contributed by atoms with van der Waals surface area (Å²) in [4.78, 5) is 21.1. The molecule has 5 aromatic rings. The van der Waals surface area contributed by atoms with E-state index in [1.54, 1.807) is 6.07 Å². The molecule has 0 bridgehead atoms. The molecule has 31 heavy (non-hydrogen) atoms. The minimum atomic E-state index is -0.274. The van der Waals surface area contributed by atoms with E-state index in [0.717, 1.165) is 41.0 Å². The van der Waals surface area contributed by atoms with Crippen molar-refractivity contribution in [1.29, 1.82) is 0 Å². The number of imidazole rings is 1. The first-order valence-corrected chi connectivity index (χ1v) is 10.3. The lowest BCUT2D eigenvalue weighted by molar-refractivity contribution is 0.629. The van der Waals surface area contributed by atoms with Crippen molar-refractivity contribution in [2.24, 2.45) is 0 Å². The van der Waals surface area contributed by atoms with Gasteiger partial charge in [0.1, 0.15) is 23.5 Å². The van der Waals surface area contributed by atoms with E-state index >= 15 is 0 Å². The fourth-order valence-corrected chi connectivity index (χ4v) is 3.74. The average Bonchev–Trinajstić information content (AvgIpc) is 3.18. The van der Waals surface area contributed by atoms with Crippen molar-refractivity contribution in [3.05, 3.63) is 77.6 Å². The van der Waals surface area contributed by atoms with E-state index in [4.69, 9.17) is 16.6 Å². The van der Waals surface area contributed by atoms with Crippen molar-refractivity contribution in [2.75, 3.05) is 11.9 Å². The third kappa shape index (κ3) is 4.04. The summed E-state index contributed by atoms with van der Waals surface area (Å²) in [5.74, 6) is 1.23. The molecule has 0 aliphatic rings. The van der Waals surface area contributed by atoms with Crippen LogP contribution in [-0.2, 0) is 6.42 Å². The van der Waals surface area contributed by atoms with E-state index in [0.29, 0.717) is 28.4 Å². The second-order valence-corrected chi connectivity index (χ2v) is 7.55. The Kier molecular flexibility index (Phi) is 5.18. The average molecular weight is 433 g/mol. The molecule has 0 aliphatic carbocycles. The second kappa shape index (κ2) is 8.28. The van der Waals surface area contributed by atoms with Crippen LogP contribution in [0.3, 0.4) is 0 Å². The number of hydrogen-bond donors (Lipinski definition) is 2. The van der Waals surface area contributed by atoms with Crippen LogP contribution in [0.2, 0.25) is 5.02 Å². The number of hydrogen-bond acceptors (Lipinski definition) is 5. The minimum absolute atomic E-state index is 0.274. The molecule has 0 aliphatic heterocycles. The zero-order valence-corrected chi connectivity index (χ0v) is 17.2. The molecule has 0 saturated carbocycles. The van der Waals surface area contributed by atoms with Crippen molar-refractivity contribution >= 4 is 39.5 Å². The van der Waals surface area contributed by atoms with Crippen molar-refractivity contribution < 1.29 is 4.39 Å². The van der Waals surface area contributed by atoms with E-state index in [1.807, 2.05) is 36.4 Å². The summed E-state index contributed by atoms with van der Waals surface area (Å²) in [6.07, 6.45) is 3.07. The fraction of sp³-hybridized carbons (Fsp3) is 0.130. The number of rotatable bonds is 6. The van der Waals surface area contributed by atoms with Gasteiger partial charge in [-0.25, -0.2) is 24.3 Å². The number of halogens is 2. The predicted molar refractivity (Wildman–Crippen MR) is 121 cm³/mol. The summed E-state index contributed by atoms with van der Waals surface area (Å²) in [7, 11) is 0. The number of aromatic amines is 1. The van der Waals surface area contributed by atoms with Gasteiger partial charge in [-0.3, -0.25) is 0 Å². The van der Waals surface area contributed by atoms with Crippen LogP contribution in [0.25, 0.3) is 33.3 Å². The van der Waals surface area contributed by atoms with Gasteiger partial charge in [-0.2, -0.15) is 0 Å². The molecule has 0 unspecified atom stereocenters. The number of benzene rings is 2. The van der Waals surface area contributed by atoms with E-state index in [2.05, 4.69) is 25.3 Å². The normalized spacial score (nSPS) is 11.3. The Hall–Kier alpha value is -3.58. The minimum Gasteiger partial charge on any atom is -0.368 e. The van der Waals surface area contributed by atoms with Crippen LogP contribution in [0.1, 0.15) is 12.2 Å². The number of aryl methyl sites for hydroxylation is 1. The molecule has 3 aromatic heterocycles. The molecular weight excluding hydrogens is 415 g/mol. The molecule has 0 fully saturated rings. The summed E-state index contributed by atoms with van der Waals surface area (Å²) < 4.78 is 13.3. The van der Waals surface area contributed by atoms with Gasteiger partial charge in [-0.15, -0.1) is 0 Å². The third-order valence-corrected chi connectivity index (χ3v) is 5.34. The molecule has 2 aromatic carbocycles. The summed E-state index contributed by atoms with van der Waals surface area (Å²) >= 11 is 6.33. The molecule has 8 heteroatoms. The van der Waals surface area contributed by atoms with Gasteiger partial charge in [0.25, 0.3) is 0 Å². The Bertz CT molecular complexity index is 1380. The summed E-state index contributed by atoms with van der Waals surface area (Å²) in [5.41, 5.74) is 4.56. The van der Waals surface area contributed by atoms with Crippen LogP contribution in [-0.4, -0.2) is 31.5 Å². The summed E-state index contributed by atoms with van der Waals surface area (Å²) in [6, 6.07) is 16.0. The number of nitrogens with one attached hydrogen (secondary N) is 2. The van der Waals surface area contributed by atoms with Crippen LogP contribution in [0.5, 0.6) is 0 Å². The Morgan fingerprint density at radius 1 is 0.968 bits per heavy atom. The molecule has 3 heterocycles. The van der Waals surface area contributed by atoms with Gasteiger partial charge in [-0.1, -0.05) is 29.8 Å². The highest BCUT2D eigenvalue weighted by atomic mass is 35.5. The molecular formula is C23H18ClFN6. The standard InChI is InChI=1S/C23H18ClFN6/c24-16-5-2-1-4-15(16)17-9-10-19-22(31-17)23(28-13-27-19)26-11-3-6-21-29-18-8-7-14(25)12-20(18)30-21/h1-2,4-5,7-10,12-13H,3,6,11H2,(H,29,30)(H,26,27,28). The molecule has 2 N–H and O–H groups in total. The first-order chi connectivity index (χ1) is 15.2. The Balaban J connectivity index is 1.31. The first-order valence-electron chi connectivity index (χ1n) is 9.92. The van der Waals surface area contributed by atoms with Gasteiger partial charge in [0.05, 0.1) is 22.2 Å². The Morgan fingerprint density at radius 3 is 2.74 bits per heavy atom. The number of aromatic nitrogens is 5. The highest BCUT2D eigenvalue weighted by Gasteiger charge is 2.10. The maximum absolute atomic E-state index is 13.3. The van der Waals surface area contributed by atoms with Gasteiger partial charge in [0, 0.05) is 23.6 Å². The molecule has 154 valence electrons. The molecule has 0 amide bonds. The first kappa shape index (κ1) is 19.4. The summed E-state index contributed by atoms with van der Waals surface area (Å²) in [5, 5.41) is 3.99. The highest BCUT2D eigenvalue weighted by molar-refractivity contribution is 6.33. The van der Waals surface area contributed by atoms with Crippen LogP contribution in [0.4, 0.5) is 10.2 Å². The lowest BCUT2D eigenvalue weighted by atomic mass is 10.1. The number of fused-ring (bicyclic) bond motifs is 2. The quantitative estimate of drug-likeness (QED) is 0.351. The fourth-order valence-electron chi connectivity index (χ4n) is 3.50. The van der Waals surface area contributed by atoms with Crippen molar-refractivity contribution in [2.45, 2.75) is 12.8 Å². The molecule has 0 radical (unpaired) electrons. The lowest BCUT2D eigenvalue weighted by Crippen LogP contribution is -2.07. The Labute approximate surface area is 182 Å². The number of pyridine rings is 1. The zero-order valence-electron chi connectivity index (χ0n) is 16.4. The van der Waals surface area contributed by atoms with Crippen molar-refractivity contribution in [3.63, 3.8) is 0 Å². The number of nitrogens with zero attached hydrogens (tertiary/aromatic N) is 4. The van der Waals surface area contributed by atoms with Crippen LogP contribution >= 0.6 is 11.6 Å². The van der Waals surface area contributed by atoms with Gasteiger partial charge >= 0.3 is 0 Å². The van der Waals surface area contributed by atoms with Gasteiger partial charge < -0.3 is 10.3 Å². The van der Waals surface area contributed by atoms with E-state index in [9.17, 15) is 4.39 Å². The largest absolute Gasteiger partial charge is 0.368 e. The van der Waals surface area contributed by atoms with Gasteiger partial charge in [0.15, 0.2) is 5.82 Å². The Morgan fingerprint density at radius 2 is 1.84 bits per heavy atom. The maximum Gasteiger partial charge on any atom is 0.156 e. The van der Waals surface area contributed by atoms with Crippen LogP contribution in [0.15, 0.2) is 60.9 Å². The second-order valence-electron chi connectivity index (χ2n) is 7.14. The molecule has 5 rings (SSSR count). The van der Waals surface area contributed by atoms with Gasteiger partial charge in [0.2, 0.25) is 0 Å². The summed E-state index contributed by atoms with van der Waals surface area (Å²) in [6.45, 7) is 0.676. The number of H-pyrrole nitrogens is 1. The zero-order chi connectivity index (χ0) is 21.2. The van der Waals surface area contributed by atoms with Crippen LogP contribution in [0, 0.1) is 5.82 Å². The van der Waals surface area contributed by atoms with Crippen molar-refractivity contribution in [1.82, 2.24) is 24.9 Å². The van der Waals surface area contributed by atoms with Crippen LogP contribution < -0.4 is 5.32 Å². The molecule has 0 saturated heterocycles. The maximum atomic E-state index is 13.3.